The smallest absolute Gasteiger partial charge is 0.159 e. The van der Waals surface area contributed by atoms with E-state index in [0.717, 1.165) is 29.3 Å². The molecular weight excluding hydrogens is 240 g/mol. The zero-order chi connectivity index (χ0) is 13.5. The minimum absolute atomic E-state index is 0.521. The molecule has 0 aliphatic rings. The van der Waals surface area contributed by atoms with E-state index in [1.165, 1.54) is 0 Å². The zero-order valence-corrected chi connectivity index (χ0v) is 11.3. The highest BCUT2D eigenvalue weighted by molar-refractivity contribution is 5.25. The molecule has 1 aromatic heterocycles. The van der Waals surface area contributed by atoms with Crippen molar-refractivity contribution in [3.05, 3.63) is 53.6 Å². The molecule has 1 heterocycles. The molecular formula is C15H18N2O2. The van der Waals surface area contributed by atoms with Crippen LogP contribution in [0.1, 0.15) is 17.1 Å². The van der Waals surface area contributed by atoms with E-state index in [1.807, 2.05) is 37.3 Å². The van der Waals surface area contributed by atoms with Crippen molar-refractivity contribution in [3.8, 4) is 5.75 Å². The normalized spacial score (nSPS) is 10.4. The van der Waals surface area contributed by atoms with Gasteiger partial charge in [0.05, 0.1) is 18.5 Å². The Balaban J connectivity index is 2.06. The summed E-state index contributed by atoms with van der Waals surface area (Å²) in [6.45, 7) is 3.02. The van der Waals surface area contributed by atoms with Gasteiger partial charge in [-0.3, -0.25) is 0 Å². The first-order valence-electron chi connectivity index (χ1n) is 6.28. The molecule has 4 heteroatoms. The Morgan fingerprint density at radius 2 is 1.95 bits per heavy atom. The quantitative estimate of drug-likeness (QED) is 0.798. The van der Waals surface area contributed by atoms with Crippen LogP contribution in [-0.4, -0.2) is 23.7 Å². The lowest BCUT2D eigenvalue weighted by Crippen LogP contribution is -2.05. The first-order valence-corrected chi connectivity index (χ1v) is 6.28. The molecule has 0 spiro atoms. The molecule has 0 bridgehead atoms. The van der Waals surface area contributed by atoms with E-state index in [0.29, 0.717) is 13.2 Å². The third kappa shape index (κ3) is 4.03. The molecule has 100 valence electrons. The number of nitrogens with zero attached hydrogens (tertiary/aromatic N) is 2. The average Bonchev–Trinajstić information content (AvgIpc) is 2.45. The highest BCUT2D eigenvalue weighted by atomic mass is 16.5. The van der Waals surface area contributed by atoms with E-state index in [4.69, 9.17) is 9.47 Å². The summed E-state index contributed by atoms with van der Waals surface area (Å²) in [4.78, 5) is 8.59. The maximum atomic E-state index is 5.79. The van der Waals surface area contributed by atoms with Crippen LogP contribution in [-0.2, 0) is 17.8 Å². The Morgan fingerprint density at radius 3 is 2.68 bits per heavy atom. The summed E-state index contributed by atoms with van der Waals surface area (Å²) in [5, 5.41) is 0. The van der Waals surface area contributed by atoms with Gasteiger partial charge in [0.1, 0.15) is 12.4 Å². The largest absolute Gasteiger partial charge is 0.485 e. The zero-order valence-electron chi connectivity index (χ0n) is 11.3. The highest BCUT2D eigenvalue weighted by Crippen LogP contribution is 2.17. The number of ether oxygens (including phenoxy) is 2. The van der Waals surface area contributed by atoms with Crippen molar-refractivity contribution in [2.24, 2.45) is 0 Å². The molecule has 19 heavy (non-hydrogen) atoms. The van der Waals surface area contributed by atoms with Crippen molar-refractivity contribution >= 4 is 0 Å². The monoisotopic (exact) mass is 258 g/mol. The lowest BCUT2D eigenvalue weighted by molar-refractivity contribution is 0.199. The standard InChI is InChI=1S/C15H18N2O2/c1-12-16-10-15(14(17-12)8-9-18-2)19-11-13-6-4-3-5-7-13/h3-7,10H,8-9,11H2,1-2H3. The summed E-state index contributed by atoms with van der Waals surface area (Å²) < 4.78 is 10.9. The van der Waals surface area contributed by atoms with Gasteiger partial charge in [0.2, 0.25) is 0 Å². The van der Waals surface area contributed by atoms with E-state index < -0.39 is 0 Å². The third-order valence-corrected chi connectivity index (χ3v) is 2.73. The molecule has 0 amide bonds. The van der Waals surface area contributed by atoms with Crippen LogP contribution in [0.25, 0.3) is 0 Å². The predicted molar refractivity (Wildman–Crippen MR) is 73.1 cm³/mol. The number of aryl methyl sites for hydroxylation is 1. The summed E-state index contributed by atoms with van der Waals surface area (Å²) >= 11 is 0. The van der Waals surface area contributed by atoms with Crippen molar-refractivity contribution < 1.29 is 9.47 Å². The second kappa shape index (κ2) is 6.85. The van der Waals surface area contributed by atoms with Crippen LogP contribution in [0.5, 0.6) is 5.75 Å². The fraction of sp³-hybridized carbons (Fsp3) is 0.333. The highest BCUT2D eigenvalue weighted by Gasteiger charge is 2.07. The summed E-state index contributed by atoms with van der Waals surface area (Å²) in [5.41, 5.74) is 2.02. The SMILES string of the molecule is COCCc1nc(C)ncc1OCc1ccccc1. The Bertz CT molecular complexity index is 515. The first kappa shape index (κ1) is 13.5. The van der Waals surface area contributed by atoms with Gasteiger partial charge in [0.25, 0.3) is 0 Å². The molecule has 4 nitrogen and oxygen atoms in total. The van der Waals surface area contributed by atoms with Gasteiger partial charge in [-0.05, 0) is 12.5 Å². The van der Waals surface area contributed by atoms with Crippen LogP contribution in [0.4, 0.5) is 0 Å². The molecule has 0 saturated carbocycles. The molecule has 0 saturated heterocycles. The number of rotatable bonds is 6. The van der Waals surface area contributed by atoms with Crippen LogP contribution >= 0.6 is 0 Å². The van der Waals surface area contributed by atoms with E-state index in [2.05, 4.69) is 9.97 Å². The van der Waals surface area contributed by atoms with Crippen LogP contribution in [0.15, 0.2) is 36.5 Å². The molecule has 0 aliphatic carbocycles. The van der Waals surface area contributed by atoms with Crippen LogP contribution < -0.4 is 4.74 Å². The molecule has 1 aromatic carbocycles. The molecule has 2 aromatic rings. The van der Waals surface area contributed by atoms with Crippen molar-refractivity contribution in [2.45, 2.75) is 20.0 Å². The third-order valence-electron chi connectivity index (χ3n) is 2.73. The second-order valence-corrected chi connectivity index (χ2v) is 4.25. The molecule has 0 aliphatic heterocycles. The summed E-state index contributed by atoms with van der Waals surface area (Å²) in [6, 6.07) is 10.0. The Hall–Kier alpha value is -1.94. The van der Waals surface area contributed by atoms with Gasteiger partial charge in [-0.15, -0.1) is 0 Å². The van der Waals surface area contributed by atoms with Crippen LogP contribution in [0.3, 0.4) is 0 Å². The second-order valence-electron chi connectivity index (χ2n) is 4.25. The fourth-order valence-electron chi connectivity index (χ4n) is 1.74. The minimum Gasteiger partial charge on any atom is -0.485 e. The van der Waals surface area contributed by atoms with E-state index in [-0.39, 0.29) is 0 Å². The summed E-state index contributed by atoms with van der Waals surface area (Å²) in [7, 11) is 1.68. The first-order chi connectivity index (χ1) is 9.29. The predicted octanol–water partition coefficient (Wildman–Crippen LogP) is 2.55. The summed E-state index contributed by atoms with van der Waals surface area (Å²) in [5.74, 6) is 1.48. The van der Waals surface area contributed by atoms with Gasteiger partial charge in [-0.2, -0.15) is 0 Å². The molecule has 0 radical (unpaired) electrons. The molecule has 0 atom stereocenters. The van der Waals surface area contributed by atoms with Gasteiger partial charge in [0, 0.05) is 13.5 Å². The Labute approximate surface area is 113 Å². The Morgan fingerprint density at radius 1 is 1.16 bits per heavy atom. The van der Waals surface area contributed by atoms with Gasteiger partial charge < -0.3 is 9.47 Å². The molecule has 0 N–H and O–H groups in total. The Kier molecular flexibility index (Phi) is 4.86. The van der Waals surface area contributed by atoms with Gasteiger partial charge in [-0.1, -0.05) is 30.3 Å². The minimum atomic E-state index is 0.521. The number of benzene rings is 1. The van der Waals surface area contributed by atoms with Crippen molar-refractivity contribution in [2.75, 3.05) is 13.7 Å². The lowest BCUT2D eigenvalue weighted by Gasteiger charge is -2.10. The van der Waals surface area contributed by atoms with E-state index >= 15 is 0 Å². The lowest BCUT2D eigenvalue weighted by atomic mass is 10.2. The number of aromatic nitrogens is 2. The number of hydrogen-bond acceptors (Lipinski definition) is 4. The molecule has 2 rings (SSSR count). The van der Waals surface area contributed by atoms with Crippen LogP contribution in [0, 0.1) is 6.92 Å². The molecule has 0 unspecified atom stereocenters. The van der Waals surface area contributed by atoms with E-state index in [9.17, 15) is 0 Å². The van der Waals surface area contributed by atoms with Gasteiger partial charge >= 0.3 is 0 Å². The van der Waals surface area contributed by atoms with Gasteiger partial charge in [-0.25, -0.2) is 9.97 Å². The number of hydrogen-bond donors (Lipinski definition) is 0. The van der Waals surface area contributed by atoms with Crippen LogP contribution in [0.2, 0.25) is 0 Å². The topological polar surface area (TPSA) is 44.2 Å². The average molecular weight is 258 g/mol. The van der Waals surface area contributed by atoms with Crippen molar-refractivity contribution in [3.63, 3.8) is 0 Å². The van der Waals surface area contributed by atoms with Crippen molar-refractivity contribution in [1.29, 1.82) is 0 Å². The number of methoxy groups -OCH3 is 1. The fourth-order valence-corrected chi connectivity index (χ4v) is 1.74. The van der Waals surface area contributed by atoms with E-state index in [1.54, 1.807) is 13.3 Å². The maximum Gasteiger partial charge on any atom is 0.159 e. The maximum absolute atomic E-state index is 5.79. The summed E-state index contributed by atoms with van der Waals surface area (Å²) in [6.07, 6.45) is 2.46. The molecule has 0 fully saturated rings. The van der Waals surface area contributed by atoms with Gasteiger partial charge in [0.15, 0.2) is 5.75 Å². The van der Waals surface area contributed by atoms with Crippen molar-refractivity contribution in [1.82, 2.24) is 9.97 Å².